The van der Waals surface area contributed by atoms with Gasteiger partial charge in [0.05, 0.1) is 7.11 Å². The van der Waals surface area contributed by atoms with E-state index >= 15 is 0 Å². The number of hydrogen-bond donors (Lipinski definition) is 1. The summed E-state index contributed by atoms with van der Waals surface area (Å²) in [4.78, 5) is 0. The molecule has 0 aliphatic heterocycles. The van der Waals surface area contributed by atoms with Crippen molar-refractivity contribution < 1.29 is 9.29 Å². The Morgan fingerprint density at radius 2 is 1.61 bits per heavy atom. The third kappa shape index (κ3) is 4.42. The van der Waals surface area contributed by atoms with Gasteiger partial charge in [-0.25, -0.2) is 0 Å². The summed E-state index contributed by atoms with van der Waals surface area (Å²) >= 11 is 5.13. The predicted octanol–water partition coefficient (Wildman–Crippen LogP) is 4.49. The normalized spacial score (nSPS) is 14.3. The predicted molar refractivity (Wildman–Crippen MR) is 97.3 cm³/mol. The molecule has 2 aromatic rings. The lowest BCUT2D eigenvalue weighted by molar-refractivity contribution is 0.406. The third-order valence-electron chi connectivity index (χ3n) is 3.45. The Hall–Kier alpha value is -1.20. The van der Waals surface area contributed by atoms with Crippen LogP contribution in [0.15, 0.2) is 48.5 Å². The Labute approximate surface area is 146 Å². The maximum atomic E-state index is 12.6. The van der Waals surface area contributed by atoms with Crippen molar-refractivity contribution in [2.75, 3.05) is 7.11 Å². The lowest BCUT2D eigenvalue weighted by atomic mass is 9.99. The molecular formula is C18H22ClNO2S. The Bertz CT molecular complexity index is 657. The van der Waals surface area contributed by atoms with Crippen LogP contribution in [0.2, 0.25) is 5.02 Å². The molecule has 2 atom stereocenters. The molecule has 0 amide bonds. The van der Waals surface area contributed by atoms with Crippen LogP contribution >= 0.6 is 11.6 Å². The minimum atomic E-state index is -1.25. The SMILES string of the molecule is COc1ccccc1[C@@H](N[S+]([O-])C(C)(C)C)c1ccccc1Cl. The average Bonchev–Trinajstić information content (AvgIpc) is 2.52. The number of para-hydroxylation sites is 1. The Kier molecular flexibility index (Phi) is 5.98. The largest absolute Gasteiger partial charge is 0.598 e. The van der Waals surface area contributed by atoms with Gasteiger partial charge in [0.15, 0.2) is 0 Å². The van der Waals surface area contributed by atoms with Crippen LogP contribution in [0.5, 0.6) is 5.75 Å². The summed E-state index contributed by atoms with van der Waals surface area (Å²) < 4.78 is 20.9. The molecule has 124 valence electrons. The summed E-state index contributed by atoms with van der Waals surface area (Å²) in [6, 6.07) is 14.9. The summed E-state index contributed by atoms with van der Waals surface area (Å²) in [5.41, 5.74) is 1.77. The minimum absolute atomic E-state index is 0.320. The van der Waals surface area contributed by atoms with E-state index in [1.807, 2.05) is 69.3 Å². The van der Waals surface area contributed by atoms with Gasteiger partial charge in [-0.15, -0.1) is 4.72 Å². The van der Waals surface area contributed by atoms with Gasteiger partial charge in [0.25, 0.3) is 0 Å². The van der Waals surface area contributed by atoms with Crippen LogP contribution < -0.4 is 9.46 Å². The molecule has 0 aromatic heterocycles. The van der Waals surface area contributed by atoms with Crippen molar-refractivity contribution in [3.63, 3.8) is 0 Å². The van der Waals surface area contributed by atoms with E-state index in [0.29, 0.717) is 5.02 Å². The maximum absolute atomic E-state index is 12.6. The van der Waals surface area contributed by atoms with Crippen molar-refractivity contribution in [2.24, 2.45) is 0 Å². The average molecular weight is 352 g/mol. The molecule has 1 unspecified atom stereocenters. The quantitative estimate of drug-likeness (QED) is 0.807. The second-order valence-electron chi connectivity index (χ2n) is 6.20. The highest BCUT2D eigenvalue weighted by Crippen LogP contribution is 2.35. The van der Waals surface area contributed by atoms with Crippen molar-refractivity contribution in [1.82, 2.24) is 4.72 Å². The first-order chi connectivity index (χ1) is 10.8. The zero-order valence-electron chi connectivity index (χ0n) is 13.8. The number of methoxy groups -OCH3 is 1. The molecule has 0 heterocycles. The molecule has 5 heteroatoms. The smallest absolute Gasteiger partial charge is 0.136 e. The fraction of sp³-hybridized carbons (Fsp3) is 0.333. The number of rotatable bonds is 5. The fourth-order valence-corrected chi connectivity index (χ4v) is 3.26. The van der Waals surface area contributed by atoms with Gasteiger partial charge in [0, 0.05) is 21.9 Å². The number of ether oxygens (including phenoxy) is 1. The first-order valence-corrected chi connectivity index (χ1v) is 8.92. The van der Waals surface area contributed by atoms with Gasteiger partial charge in [0.1, 0.15) is 16.5 Å². The second-order valence-corrected chi connectivity index (χ2v) is 8.60. The summed E-state index contributed by atoms with van der Waals surface area (Å²) in [5, 5.41) is 0.627. The zero-order chi connectivity index (χ0) is 17.0. The van der Waals surface area contributed by atoms with Gasteiger partial charge >= 0.3 is 0 Å². The Morgan fingerprint density at radius 3 is 2.17 bits per heavy atom. The Balaban J connectivity index is 2.50. The highest BCUT2D eigenvalue weighted by Gasteiger charge is 2.32. The van der Waals surface area contributed by atoms with E-state index in [0.717, 1.165) is 16.9 Å². The molecule has 0 spiro atoms. The standard InChI is InChI=1S/C18H22ClNO2S/c1-18(2,3)23(21)20-17(13-9-5-7-11-15(13)19)14-10-6-8-12-16(14)22-4/h5-12,17,20H,1-4H3/t17-,23?/m0/s1. The molecule has 0 bridgehead atoms. The van der Waals surface area contributed by atoms with E-state index in [1.54, 1.807) is 7.11 Å². The minimum Gasteiger partial charge on any atom is -0.598 e. The lowest BCUT2D eigenvalue weighted by Crippen LogP contribution is -2.41. The van der Waals surface area contributed by atoms with Crippen molar-refractivity contribution >= 4 is 23.0 Å². The summed E-state index contributed by atoms with van der Waals surface area (Å²) in [7, 11) is 1.63. The van der Waals surface area contributed by atoms with E-state index in [-0.39, 0.29) is 10.8 Å². The molecule has 2 aromatic carbocycles. The Morgan fingerprint density at radius 1 is 1.04 bits per heavy atom. The van der Waals surface area contributed by atoms with Gasteiger partial charge in [-0.3, -0.25) is 0 Å². The highest BCUT2D eigenvalue weighted by molar-refractivity contribution is 7.90. The lowest BCUT2D eigenvalue weighted by Gasteiger charge is -2.29. The van der Waals surface area contributed by atoms with Crippen LogP contribution in [0.1, 0.15) is 37.9 Å². The molecule has 0 fully saturated rings. The first-order valence-electron chi connectivity index (χ1n) is 7.40. The van der Waals surface area contributed by atoms with Gasteiger partial charge in [0.2, 0.25) is 0 Å². The van der Waals surface area contributed by atoms with E-state index in [2.05, 4.69) is 4.72 Å². The van der Waals surface area contributed by atoms with E-state index < -0.39 is 11.4 Å². The number of halogens is 1. The number of nitrogens with one attached hydrogen (secondary N) is 1. The topological polar surface area (TPSA) is 44.3 Å². The first kappa shape index (κ1) is 18.1. The molecule has 1 N–H and O–H groups in total. The second kappa shape index (κ2) is 7.58. The summed E-state index contributed by atoms with van der Waals surface area (Å²) in [5.74, 6) is 0.732. The number of hydrogen-bond acceptors (Lipinski definition) is 3. The zero-order valence-corrected chi connectivity index (χ0v) is 15.4. The van der Waals surface area contributed by atoms with Crippen LogP contribution in [-0.2, 0) is 11.4 Å². The van der Waals surface area contributed by atoms with Gasteiger partial charge in [-0.2, -0.15) is 0 Å². The molecule has 0 saturated heterocycles. The third-order valence-corrected chi connectivity index (χ3v) is 5.35. The summed E-state index contributed by atoms with van der Waals surface area (Å²) in [6.45, 7) is 5.80. The maximum Gasteiger partial charge on any atom is 0.136 e. The molecule has 3 nitrogen and oxygen atoms in total. The van der Waals surface area contributed by atoms with Crippen LogP contribution in [0, 0.1) is 0 Å². The molecular weight excluding hydrogens is 330 g/mol. The van der Waals surface area contributed by atoms with Crippen LogP contribution in [0.3, 0.4) is 0 Å². The summed E-state index contributed by atoms with van der Waals surface area (Å²) in [6.07, 6.45) is 0. The molecule has 2 rings (SSSR count). The van der Waals surface area contributed by atoms with Crippen LogP contribution in [0.25, 0.3) is 0 Å². The molecule has 0 aliphatic rings. The van der Waals surface area contributed by atoms with Gasteiger partial charge in [-0.1, -0.05) is 48.0 Å². The van der Waals surface area contributed by atoms with Crippen LogP contribution in [-0.4, -0.2) is 16.4 Å². The van der Waals surface area contributed by atoms with E-state index in [4.69, 9.17) is 16.3 Å². The van der Waals surface area contributed by atoms with Gasteiger partial charge < -0.3 is 9.29 Å². The van der Waals surface area contributed by atoms with Crippen LogP contribution in [0.4, 0.5) is 0 Å². The van der Waals surface area contributed by atoms with Crippen molar-refractivity contribution in [3.05, 3.63) is 64.7 Å². The van der Waals surface area contributed by atoms with Crippen molar-refractivity contribution in [3.8, 4) is 5.75 Å². The van der Waals surface area contributed by atoms with E-state index in [9.17, 15) is 4.55 Å². The fourth-order valence-electron chi connectivity index (χ4n) is 2.19. The highest BCUT2D eigenvalue weighted by atomic mass is 35.5. The molecule has 0 radical (unpaired) electrons. The monoisotopic (exact) mass is 351 g/mol. The molecule has 0 saturated carbocycles. The van der Waals surface area contributed by atoms with E-state index in [1.165, 1.54) is 0 Å². The van der Waals surface area contributed by atoms with Crippen molar-refractivity contribution in [1.29, 1.82) is 0 Å². The van der Waals surface area contributed by atoms with Gasteiger partial charge in [-0.05, 0) is 38.5 Å². The molecule has 23 heavy (non-hydrogen) atoms. The number of benzene rings is 2. The van der Waals surface area contributed by atoms with Crippen molar-refractivity contribution in [2.45, 2.75) is 31.6 Å². The molecule has 0 aliphatic carbocycles.